The van der Waals surface area contributed by atoms with Crippen LogP contribution in [-0.2, 0) is 21.1 Å². The van der Waals surface area contributed by atoms with E-state index in [-0.39, 0.29) is 11.8 Å². The Morgan fingerprint density at radius 2 is 1.87 bits per heavy atom. The van der Waals surface area contributed by atoms with Gasteiger partial charge in [0.15, 0.2) is 5.75 Å². The van der Waals surface area contributed by atoms with Gasteiger partial charge in [0.05, 0.1) is 28.6 Å². The number of fused-ring (bicyclic) bond motifs is 2. The van der Waals surface area contributed by atoms with Crippen molar-refractivity contribution in [2.75, 3.05) is 43.2 Å². The van der Waals surface area contributed by atoms with Crippen molar-refractivity contribution in [2.45, 2.75) is 13.0 Å². The number of carbonyl (C=O) groups is 2. The lowest BCUT2D eigenvalue weighted by Crippen LogP contribution is -2.29. The summed E-state index contributed by atoms with van der Waals surface area (Å²) in [5.41, 5.74) is 5.91. The van der Waals surface area contributed by atoms with Crippen molar-refractivity contribution in [3.05, 3.63) is 82.9 Å². The Bertz CT molecular complexity index is 1490. The first-order valence-corrected chi connectivity index (χ1v) is 12.2. The van der Waals surface area contributed by atoms with Crippen LogP contribution in [0.1, 0.15) is 28.7 Å². The maximum atomic E-state index is 13.2. The predicted octanol–water partition coefficient (Wildman–Crippen LogP) is 4.23. The summed E-state index contributed by atoms with van der Waals surface area (Å²) >= 11 is 0. The van der Waals surface area contributed by atoms with Gasteiger partial charge in [0.25, 0.3) is 5.91 Å². The van der Waals surface area contributed by atoms with Crippen molar-refractivity contribution in [3.8, 4) is 11.8 Å². The Morgan fingerprint density at radius 1 is 1.08 bits per heavy atom. The summed E-state index contributed by atoms with van der Waals surface area (Å²) < 4.78 is 0. The molecule has 2 amide bonds. The summed E-state index contributed by atoms with van der Waals surface area (Å²) in [5, 5.41) is 15.6. The molecular weight excluding hydrogens is 482 g/mol. The van der Waals surface area contributed by atoms with Crippen molar-refractivity contribution in [1.82, 2.24) is 4.90 Å². The van der Waals surface area contributed by atoms with E-state index >= 15 is 0 Å². The molecule has 3 aromatic carbocycles. The SMILES string of the molecule is CN(C)CCC(=O)N(C)c1ccc(N/C(=C2\C(=O)Nc3cc(C#N)ccc32)c2ccc3c(c2)OOC3)cc1. The van der Waals surface area contributed by atoms with Crippen LogP contribution >= 0.6 is 0 Å². The van der Waals surface area contributed by atoms with Crippen molar-refractivity contribution in [2.24, 2.45) is 0 Å². The lowest BCUT2D eigenvalue weighted by molar-refractivity contribution is -0.194. The normalized spacial score (nSPS) is 14.8. The fourth-order valence-corrected chi connectivity index (χ4v) is 4.38. The lowest BCUT2D eigenvalue weighted by Gasteiger charge is -2.20. The van der Waals surface area contributed by atoms with Crippen LogP contribution in [0, 0.1) is 11.3 Å². The molecule has 9 nitrogen and oxygen atoms in total. The maximum absolute atomic E-state index is 13.2. The Kier molecular flexibility index (Phi) is 6.83. The molecule has 0 saturated heterocycles. The van der Waals surface area contributed by atoms with Gasteiger partial charge >= 0.3 is 0 Å². The smallest absolute Gasteiger partial charge is 0.258 e. The molecule has 0 radical (unpaired) electrons. The minimum Gasteiger partial charge on any atom is -0.354 e. The van der Waals surface area contributed by atoms with Gasteiger partial charge in [-0.2, -0.15) is 10.1 Å². The van der Waals surface area contributed by atoms with Crippen LogP contribution in [0.5, 0.6) is 5.75 Å². The minimum absolute atomic E-state index is 0.0264. The Balaban J connectivity index is 1.51. The molecule has 38 heavy (non-hydrogen) atoms. The monoisotopic (exact) mass is 509 g/mol. The number of benzene rings is 3. The summed E-state index contributed by atoms with van der Waals surface area (Å²) in [6, 6.07) is 20.3. The summed E-state index contributed by atoms with van der Waals surface area (Å²) in [5.74, 6) is 0.339. The van der Waals surface area contributed by atoms with Gasteiger partial charge in [0, 0.05) is 48.1 Å². The van der Waals surface area contributed by atoms with E-state index in [0.717, 1.165) is 22.5 Å². The Morgan fingerprint density at radius 3 is 2.61 bits per heavy atom. The molecule has 5 rings (SSSR count). The van der Waals surface area contributed by atoms with Gasteiger partial charge in [0.1, 0.15) is 6.61 Å². The van der Waals surface area contributed by atoms with Gasteiger partial charge in [-0.3, -0.25) is 9.59 Å². The Hall–Kier alpha value is -4.65. The predicted molar refractivity (Wildman–Crippen MR) is 145 cm³/mol. The third-order valence-electron chi connectivity index (χ3n) is 6.53. The van der Waals surface area contributed by atoms with Gasteiger partial charge in [-0.05, 0) is 56.6 Å². The zero-order chi connectivity index (χ0) is 26.8. The lowest BCUT2D eigenvalue weighted by atomic mass is 9.98. The zero-order valence-electron chi connectivity index (χ0n) is 21.4. The molecule has 2 aliphatic rings. The van der Waals surface area contributed by atoms with Gasteiger partial charge in [-0.15, -0.1) is 0 Å². The Labute approximate surface area is 220 Å². The second-order valence-corrected chi connectivity index (χ2v) is 9.42. The highest BCUT2D eigenvalue weighted by Crippen LogP contribution is 2.39. The fraction of sp³-hybridized carbons (Fsp3) is 0.207. The molecule has 3 aromatic rings. The van der Waals surface area contributed by atoms with E-state index in [9.17, 15) is 14.9 Å². The highest BCUT2D eigenvalue weighted by Gasteiger charge is 2.29. The molecule has 192 valence electrons. The van der Waals surface area contributed by atoms with Gasteiger partial charge in [0.2, 0.25) is 5.91 Å². The van der Waals surface area contributed by atoms with Gasteiger partial charge in [-0.25, -0.2) is 0 Å². The standard InChI is InChI=1S/C29H27N5O4/c1-33(2)13-12-26(35)34(3)22-9-7-21(8-10-22)31-28(19-5-6-20-17-37-38-25(20)15-19)27-23-11-4-18(16-30)14-24(23)32-29(27)36/h4-11,14-15,31H,12-13,17H2,1-3H3,(H,32,36)/b28-27-. The number of nitrogens with zero attached hydrogens (tertiary/aromatic N) is 3. The van der Waals surface area contributed by atoms with Crippen LogP contribution in [-0.4, -0.2) is 44.4 Å². The number of hydrogen-bond donors (Lipinski definition) is 2. The molecular formula is C29H27N5O4. The summed E-state index contributed by atoms with van der Waals surface area (Å²) in [7, 11) is 5.63. The summed E-state index contributed by atoms with van der Waals surface area (Å²) in [4.78, 5) is 39.8. The second kappa shape index (κ2) is 10.4. The highest BCUT2D eigenvalue weighted by atomic mass is 17.2. The molecule has 2 heterocycles. The van der Waals surface area contributed by atoms with Crippen LogP contribution in [0.2, 0.25) is 0 Å². The third kappa shape index (κ3) is 4.95. The molecule has 0 unspecified atom stereocenters. The fourth-order valence-electron chi connectivity index (χ4n) is 4.38. The molecule has 0 saturated carbocycles. The van der Waals surface area contributed by atoms with Crippen molar-refractivity contribution in [3.63, 3.8) is 0 Å². The molecule has 2 N–H and O–H groups in total. The summed E-state index contributed by atoms with van der Waals surface area (Å²) in [6.45, 7) is 1.03. The third-order valence-corrected chi connectivity index (χ3v) is 6.53. The van der Waals surface area contributed by atoms with Crippen molar-refractivity contribution >= 4 is 40.1 Å². The molecule has 0 fully saturated rings. The van der Waals surface area contributed by atoms with E-state index in [0.29, 0.717) is 53.4 Å². The van der Waals surface area contributed by atoms with E-state index in [2.05, 4.69) is 16.7 Å². The quantitative estimate of drug-likeness (QED) is 0.363. The molecule has 9 heteroatoms. The first-order chi connectivity index (χ1) is 18.3. The number of hydrogen-bond acceptors (Lipinski definition) is 7. The van der Waals surface area contributed by atoms with Crippen LogP contribution in [0.15, 0.2) is 60.7 Å². The van der Waals surface area contributed by atoms with Crippen molar-refractivity contribution in [1.29, 1.82) is 5.26 Å². The minimum atomic E-state index is -0.280. The average molecular weight is 510 g/mol. The molecule has 0 spiro atoms. The van der Waals surface area contributed by atoms with E-state index in [1.807, 2.05) is 61.5 Å². The number of rotatable bonds is 7. The molecule has 0 aromatic heterocycles. The average Bonchev–Trinajstić information content (AvgIpc) is 3.52. The molecule has 0 aliphatic carbocycles. The highest BCUT2D eigenvalue weighted by molar-refractivity contribution is 6.37. The zero-order valence-corrected chi connectivity index (χ0v) is 21.4. The topological polar surface area (TPSA) is 107 Å². The second-order valence-electron chi connectivity index (χ2n) is 9.42. The van der Waals surface area contributed by atoms with Gasteiger partial charge < -0.3 is 25.3 Å². The van der Waals surface area contributed by atoms with Crippen LogP contribution in [0.25, 0.3) is 11.3 Å². The first-order valence-electron chi connectivity index (χ1n) is 12.2. The molecule has 0 atom stereocenters. The van der Waals surface area contributed by atoms with E-state index in [1.54, 1.807) is 30.1 Å². The number of anilines is 3. The van der Waals surface area contributed by atoms with Crippen LogP contribution in [0.3, 0.4) is 0 Å². The first kappa shape index (κ1) is 25.0. The number of amides is 2. The van der Waals surface area contributed by atoms with E-state index in [4.69, 9.17) is 9.78 Å². The molecule has 0 bridgehead atoms. The maximum Gasteiger partial charge on any atom is 0.258 e. The number of carbonyl (C=O) groups excluding carboxylic acids is 2. The van der Waals surface area contributed by atoms with Crippen LogP contribution < -0.4 is 20.4 Å². The number of nitriles is 1. The number of nitrogens with one attached hydrogen (secondary N) is 2. The van der Waals surface area contributed by atoms with E-state index < -0.39 is 0 Å². The largest absolute Gasteiger partial charge is 0.354 e. The van der Waals surface area contributed by atoms with Crippen molar-refractivity contribution < 1.29 is 19.4 Å². The molecule has 2 aliphatic heterocycles. The van der Waals surface area contributed by atoms with E-state index in [1.165, 1.54) is 0 Å². The van der Waals surface area contributed by atoms with Gasteiger partial charge in [-0.1, -0.05) is 18.2 Å². The van der Waals surface area contributed by atoms with Crippen LogP contribution in [0.4, 0.5) is 17.1 Å². The summed E-state index contributed by atoms with van der Waals surface area (Å²) in [6.07, 6.45) is 0.423.